The lowest BCUT2D eigenvalue weighted by Gasteiger charge is -2.01. The van der Waals surface area contributed by atoms with Crippen molar-refractivity contribution in [1.29, 1.82) is 0 Å². The van der Waals surface area contributed by atoms with Gasteiger partial charge in [-0.3, -0.25) is 10.1 Å². The summed E-state index contributed by atoms with van der Waals surface area (Å²) in [7, 11) is 0. The molecule has 3 aromatic rings. The Balaban J connectivity index is 1.74. The average molecular weight is 302 g/mol. The topological polar surface area (TPSA) is 72.2 Å². The molecule has 0 aliphatic rings. The summed E-state index contributed by atoms with van der Waals surface area (Å²) in [5, 5.41) is 7.51. The molecule has 0 saturated heterocycles. The summed E-state index contributed by atoms with van der Waals surface area (Å²) < 4.78 is 1.58. The number of aromatic nitrogens is 4. The third kappa shape index (κ3) is 3.00. The van der Waals surface area contributed by atoms with Crippen molar-refractivity contribution in [2.24, 2.45) is 0 Å². The second kappa shape index (κ2) is 5.49. The largest absolute Gasteiger partial charge is 0.293 e. The quantitative estimate of drug-likeness (QED) is 0.805. The van der Waals surface area contributed by atoms with Crippen LogP contribution in [0, 0.1) is 6.92 Å². The highest BCUT2D eigenvalue weighted by atomic mass is 35.5. The minimum Gasteiger partial charge on any atom is -0.293 e. The Labute approximate surface area is 125 Å². The molecule has 2 aromatic heterocycles. The molecule has 1 N–H and O–H groups in total. The summed E-state index contributed by atoms with van der Waals surface area (Å²) in [5.41, 5.74) is 1.76. The molecule has 3 rings (SSSR count). The van der Waals surface area contributed by atoms with Crippen LogP contribution in [0.3, 0.4) is 0 Å². The van der Waals surface area contributed by atoms with Crippen molar-refractivity contribution in [3.8, 4) is 0 Å². The number of nitrogens with zero attached hydrogens (tertiary/aromatic N) is 4. The van der Waals surface area contributed by atoms with Crippen molar-refractivity contribution in [2.75, 3.05) is 5.32 Å². The molecule has 0 atom stereocenters. The molecule has 0 unspecified atom stereocenters. The third-order valence-corrected chi connectivity index (χ3v) is 3.21. The van der Waals surface area contributed by atoms with Crippen LogP contribution in [0.1, 0.15) is 11.3 Å². The van der Waals surface area contributed by atoms with Gasteiger partial charge in [0.2, 0.25) is 5.91 Å². The predicted octanol–water partition coefficient (Wildman–Crippen LogP) is 2.27. The molecule has 0 aliphatic heterocycles. The Morgan fingerprint density at radius 2 is 2.05 bits per heavy atom. The van der Waals surface area contributed by atoms with E-state index in [1.54, 1.807) is 22.8 Å². The van der Waals surface area contributed by atoms with Crippen molar-refractivity contribution in [2.45, 2.75) is 13.3 Å². The number of hydrogen-bond acceptors (Lipinski definition) is 4. The zero-order chi connectivity index (χ0) is 14.8. The van der Waals surface area contributed by atoms with E-state index in [0.717, 1.165) is 11.3 Å². The molecule has 0 fully saturated rings. The highest BCUT2D eigenvalue weighted by molar-refractivity contribution is 6.30. The molecule has 0 radical (unpaired) electrons. The average Bonchev–Trinajstić information content (AvgIpc) is 2.85. The molecule has 1 amide bonds. The minimum absolute atomic E-state index is 0.189. The van der Waals surface area contributed by atoms with Crippen LogP contribution in [0.25, 0.3) is 5.78 Å². The summed E-state index contributed by atoms with van der Waals surface area (Å²) in [6, 6.07) is 8.94. The number of aryl methyl sites for hydroxylation is 1. The first-order chi connectivity index (χ1) is 10.1. The lowest BCUT2D eigenvalue weighted by atomic mass is 10.1. The van der Waals surface area contributed by atoms with E-state index in [-0.39, 0.29) is 18.3 Å². The first kappa shape index (κ1) is 13.5. The van der Waals surface area contributed by atoms with Crippen LogP contribution in [-0.4, -0.2) is 25.5 Å². The fraction of sp³-hybridized carbons (Fsp3) is 0.143. The number of fused-ring (bicyclic) bond motifs is 1. The highest BCUT2D eigenvalue weighted by Crippen LogP contribution is 2.11. The van der Waals surface area contributed by atoms with Gasteiger partial charge in [-0.25, -0.2) is 4.98 Å². The van der Waals surface area contributed by atoms with Gasteiger partial charge in [0.15, 0.2) is 0 Å². The summed E-state index contributed by atoms with van der Waals surface area (Å²) in [4.78, 5) is 20.2. The van der Waals surface area contributed by atoms with E-state index in [9.17, 15) is 4.79 Å². The van der Waals surface area contributed by atoms with E-state index in [1.165, 1.54) is 0 Å². The standard InChI is InChI=1S/C14H12ClN5O/c1-9-6-7-16-14-18-13(19-20(9)14)17-12(21)8-10-2-4-11(15)5-3-10/h2-7H,8H2,1H3,(H,17,19,21). The first-order valence-electron chi connectivity index (χ1n) is 6.34. The van der Waals surface area contributed by atoms with Gasteiger partial charge in [0.25, 0.3) is 11.7 Å². The second-order valence-corrected chi connectivity index (χ2v) is 5.02. The van der Waals surface area contributed by atoms with Gasteiger partial charge in [0.1, 0.15) is 0 Å². The zero-order valence-corrected chi connectivity index (χ0v) is 12.0. The van der Waals surface area contributed by atoms with Crippen molar-refractivity contribution in [3.63, 3.8) is 0 Å². The number of benzene rings is 1. The van der Waals surface area contributed by atoms with Gasteiger partial charge in [0.05, 0.1) is 6.42 Å². The number of carbonyl (C=O) groups excluding carboxylic acids is 1. The van der Waals surface area contributed by atoms with Gasteiger partial charge < -0.3 is 0 Å². The minimum atomic E-state index is -0.189. The number of halogens is 1. The normalized spacial score (nSPS) is 10.8. The molecule has 7 heteroatoms. The highest BCUT2D eigenvalue weighted by Gasteiger charge is 2.10. The Morgan fingerprint density at radius 1 is 1.29 bits per heavy atom. The summed E-state index contributed by atoms with van der Waals surface area (Å²) >= 11 is 5.81. The monoisotopic (exact) mass is 301 g/mol. The van der Waals surface area contributed by atoms with Gasteiger partial charge in [-0.15, -0.1) is 5.10 Å². The van der Waals surface area contributed by atoms with Gasteiger partial charge in [0, 0.05) is 16.9 Å². The Morgan fingerprint density at radius 3 is 2.76 bits per heavy atom. The van der Waals surface area contributed by atoms with Crippen LogP contribution < -0.4 is 5.32 Å². The molecule has 21 heavy (non-hydrogen) atoms. The Bertz CT molecular complexity index is 797. The Kier molecular flexibility index (Phi) is 3.53. The zero-order valence-electron chi connectivity index (χ0n) is 11.2. The van der Waals surface area contributed by atoms with Crippen molar-refractivity contribution >= 4 is 29.2 Å². The van der Waals surface area contributed by atoms with Gasteiger partial charge in [-0.1, -0.05) is 23.7 Å². The summed E-state index contributed by atoms with van der Waals surface area (Å²) in [6.45, 7) is 1.89. The van der Waals surface area contributed by atoms with E-state index in [2.05, 4.69) is 20.4 Å². The number of hydrogen-bond donors (Lipinski definition) is 1. The fourth-order valence-electron chi connectivity index (χ4n) is 1.92. The molecule has 0 aliphatic carbocycles. The van der Waals surface area contributed by atoms with E-state index in [1.807, 2.05) is 25.1 Å². The number of carbonyl (C=O) groups is 1. The van der Waals surface area contributed by atoms with Crippen LogP contribution in [0.5, 0.6) is 0 Å². The number of amides is 1. The summed E-state index contributed by atoms with van der Waals surface area (Å²) in [6.07, 6.45) is 1.89. The maximum Gasteiger partial charge on any atom is 0.254 e. The van der Waals surface area contributed by atoms with Crippen molar-refractivity contribution in [1.82, 2.24) is 19.6 Å². The van der Waals surface area contributed by atoms with Gasteiger partial charge in [-0.2, -0.15) is 9.50 Å². The van der Waals surface area contributed by atoms with Crippen LogP contribution in [-0.2, 0) is 11.2 Å². The smallest absolute Gasteiger partial charge is 0.254 e. The maximum absolute atomic E-state index is 12.0. The van der Waals surface area contributed by atoms with Crippen LogP contribution in [0.2, 0.25) is 5.02 Å². The lowest BCUT2D eigenvalue weighted by molar-refractivity contribution is -0.115. The van der Waals surface area contributed by atoms with Gasteiger partial charge >= 0.3 is 0 Å². The molecule has 2 heterocycles. The van der Waals surface area contributed by atoms with Crippen LogP contribution in [0.4, 0.5) is 5.95 Å². The second-order valence-electron chi connectivity index (χ2n) is 4.58. The Hall–Kier alpha value is -2.47. The number of rotatable bonds is 3. The molecule has 106 valence electrons. The first-order valence-corrected chi connectivity index (χ1v) is 6.72. The molecule has 6 nitrogen and oxygen atoms in total. The van der Waals surface area contributed by atoms with Crippen LogP contribution in [0.15, 0.2) is 36.5 Å². The third-order valence-electron chi connectivity index (χ3n) is 2.96. The van der Waals surface area contributed by atoms with E-state index < -0.39 is 0 Å². The molecular formula is C14H12ClN5O. The van der Waals surface area contributed by atoms with Crippen molar-refractivity contribution in [3.05, 3.63) is 52.8 Å². The molecule has 0 bridgehead atoms. The molecule has 1 aromatic carbocycles. The SMILES string of the molecule is Cc1ccnc2nc(NC(=O)Cc3ccc(Cl)cc3)nn12. The van der Waals surface area contributed by atoms with Crippen LogP contribution >= 0.6 is 11.6 Å². The van der Waals surface area contributed by atoms with E-state index >= 15 is 0 Å². The fourth-order valence-corrected chi connectivity index (χ4v) is 2.04. The lowest BCUT2D eigenvalue weighted by Crippen LogP contribution is -2.15. The van der Waals surface area contributed by atoms with E-state index in [4.69, 9.17) is 11.6 Å². The van der Waals surface area contributed by atoms with Crippen molar-refractivity contribution < 1.29 is 4.79 Å². The molecule has 0 spiro atoms. The maximum atomic E-state index is 12.0. The van der Waals surface area contributed by atoms with Gasteiger partial charge in [-0.05, 0) is 30.7 Å². The number of anilines is 1. The molecule has 0 saturated carbocycles. The number of nitrogens with one attached hydrogen (secondary N) is 1. The predicted molar refractivity (Wildman–Crippen MR) is 79.3 cm³/mol. The molecular weight excluding hydrogens is 290 g/mol. The summed E-state index contributed by atoms with van der Waals surface area (Å²) in [5.74, 6) is 0.512. The van der Waals surface area contributed by atoms with E-state index in [0.29, 0.717) is 10.8 Å².